The number of carbonyl (C=O) groups excluding carboxylic acids is 1. The number of carboxylic acids is 1. The van der Waals surface area contributed by atoms with E-state index in [9.17, 15) is 9.59 Å². The number of nitrogens with zero attached hydrogens (tertiary/aromatic N) is 1. The Bertz CT molecular complexity index is 293. The van der Waals surface area contributed by atoms with Crippen LogP contribution in [0.5, 0.6) is 0 Å². The molecule has 1 saturated heterocycles. The summed E-state index contributed by atoms with van der Waals surface area (Å²) in [5.74, 6) is -0.425. The van der Waals surface area contributed by atoms with E-state index in [0.29, 0.717) is 25.5 Å². The molecule has 1 N–H and O–H groups in total. The first-order valence-corrected chi connectivity index (χ1v) is 6.66. The van der Waals surface area contributed by atoms with Crippen LogP contribution in [0.15, 0.2) is 0 Å². The lowest BCUT2D eigenvalue weighted by Gasteiger charge is -2.34. The van der Waals surface area contributed by atoms with Gasteiger partial charge in [-0.15, -0.1) is 0 Å². The van der Waals surface area contributed by atoms with Crippen LogP contribution in [0.3, 0.4) is 0 Å². The smallest absolute Gasteiger partial charge is 0.303 e. The Kier molecular flexibility index (Phi) is 6.12. The Balaban J connectivity index is 2.42. The Morgan fingerprint density at radius 1 is 1.50 bits per heavy atom. The van der Waals surface area contributed by atoms with Gasteiger partial charge in [0.2, 0.25) is 0 Å². The third-order valence-electron chi connectivity index (χ3n) is 3.36. The number of rotatable bonds is 6. The lowest BCUT2D eigenvalue weighted by molar-refractivity contribution is -0.144. The molecule has 1 fully saturated rings. The van der Waals surface area contributed by atoms with Gasteiger partial charge < -0.3 is 14.7 Å². The van der Waals surface area contributed by atoms with E-state index in [-0.39, 0.29) is 12.3 Å². The zero-order valence-corrected chi connectivity index (χ0v) is 11.2. The van der Waals surface area contributed by atoms with Crippen LogP contribution in [-0.4, -0.2) is 47.7 Å². The predicted octanol–water partition coefficient (Wildman–Crippen LogP) is 1.51. The van der Waals surface area contributed by atoms with E-state index in [1.165, 1.54) is 0 Å². The van der Waals surface area contributed by atoms with Gasteiger partial charge in [0, 0.05) is 26.1 Å². The van der Waals surface area contributed by atoms with Crippen LogP contribution in [0.4, 0.5) is 0 Å². The molecule has 5 heteroatoms. The van der Waals surface area contributed by atoms with Crippen LogP contribution in [-0.2, 0) is 14.3 Å². The van der Waals surface area contributed by atoms with Gasteiger partial charge in [0.05, 0.1) is 0 Å². The second-order valence-corrected chi connectivity index (χ2v) is 4.82. The molecule has 0 aromatic carbocycles. The number of piperidine rings is 1. The topological polar surface area (TPSA) is 66.8 Å². The molecule has 1 rings (SSSR count). The van der Waals surface area contributed by atoms with E-state index in [4.69, 9.17) is 9.84 Å². The number of carbonyl (C=O) groups is 2. The summed E-state index contributed by atoms with van der Waals surface area (Å²) >= 11 is 0. The van der Waals surface area contributed by atoms with E-state index < -0.39 is 12.1 Å². The SMILES string of the molecule is CCOC(C)C(=O)N1CCCC(CCC(=O)O)C1. The van der Waals surface area contributed by atoms with Gasteiger partial charge in [-0.1, -0.05) is 0 Å². The maximum atomic E-state index is 12.1. The average molecular weight is 257 g/mol. The van der Waals surface area contributed by atoms with Crippen molar-refractivity contribution in [1.29, 1.82) is 0 Å². The highest BCUT2D eigenvalue weighted by Gasteiger charge is 2.27. The van der Waals surface area contributed by atoms with Gasteiger partial charge in [0.15, 0.2) is 0 Å². The first-order valence-electron chi connectivity index (χ1n) is 6.66. The number of hydrogen-bond donors (Lipinski definition) is 1. The van der Waals surface area contributed by atoms with Crippen molar-refractivity contribution >= 4 is 11.9 Å². The van der Waals surface area contributed by atoms with E-state index in [1.807, 2.05) is 11.8 Å². The molecule has 104 valence electrons. The second-order valence-electron chi connectivity index (χ2n) is 4.82. The zero-order chi connectivity index (χ0) is 13.5. The molecule has 0 saturated carbocycles. The molecule has 0 bridgehead atoms. The highest BCUT2D eigenvalue weighted by Crippen LogP contribution is 2.21. The fourth-order valence-electron chi connectivity index (χ4n) is 2.41. The van der Waals surface area contributed by atoms with Crippen molar-refractivity contribution < 1.29 is 19.4 Å². The fourth-order valence-corrected chi connectivity index (χ4v) is 2.41. The standard InChI is InChI=1S/C13H23NO4/c1-3-18-10(2)13(17)14-8-4-5-11(9-14)6-7-12(15)16/h10-11H,3-9H2,1-2H3,(H,15,16). The summed E-state index contributed by atoms with van der Waals surface area (Å²) < 4.78 is 5.30. The molecular formula is C13H23NO4. The Morgan fingerprint density at radius 2 is 2.22 bits per heavy atom. The summed E-state index contributed by atoms with van der Waals surface area (Å²) in [6, 6.07) is 0. The van der Waals surface area contributed by atoms with Crippen molar-refractivity contribution in [2.75, 3.05) is 19.7 Å². The van der Waals surface area contributed by atoms with Crippen molar-refractivity contribution in [3.63, 3.8) is 0 Å². The molecule has 5 nitrogen and oxygen atoms in total. The first-order chi connectivity index (χ1) is 8.54. The summed E-state index contributed by atoms with van der Waals surface area (Å²) in [6.45, 7) is 5.61. The summed E-state index contributed by atoms with van der Waals surface area (Å²) in [5.41, 5.74) is 0. The number of amides is 1. The van der Waals surface area contributed by atoms with Crippen molar-refractivity contribution in [3.8, 4) is 0 Å². The molecule has 0 aromatic heterocycles. The first kappa shape index (κ1) is 15.0. The van der Waals surface area contributed by atoms with Crippen LogP contribution >= 0.6 is 0 Å². The normalized spacial score (nSPS) is 21.7. The van der Waals surface area contributed by atoms with E-state index >= 15 is 0 Å². The third-order valence-corrected chi connectivity index (χ3v) is 3.36. The van der Waals surface area contributed by atoms with Crippen molar-refractivity contribution in [3.05, 3.63) is 0 Å². The van der Waals surface area contributed by atoms with Gasteiger partial charge in [-0.05, 0) is 39.0 Å². The van der Waals surface area contributed by atoms with Gasteiger partial charge >= 0.3 is 5.97 Å². The number of ether oxygens (including phenoxy) is 1. The van der Waals surface area contributed by atoms with Crippen molar-refractivity contribution in [2.24, 2.45) is 5.92 Å². The predicted molar refractivity (Wildman–Crippen MR) is 67.3 cm³/mol. The lowest BCUT2D eigenvalue weighted by atomic mass is 9.93. The van der Waals surface area contributed by atoms with E-state index in [2.05, 4.69) is 0 Å². The fraction of sp³-hybridized carbons (Fsp3) is 0.846. The third kappa shape index (κ3) is 4.64. The number of aliphatic carboxylic acids is 1. The monoisotopic (exact) mass is 257 g/mol. The van der Waals surface area contributed by atoms with Crippen LogP contribution in [0.2, 0.25) is 0 Å². The van der Waals surface area contributed by atoms with Crippen molar-refractivity contribution in [2.45, 2.75) is 45.6 Å². The van der Waals surface area contributed by atoms with Gasteiger partial charge in [-0.25, -0.2) is 0 Å². The Hall–Kier alpha value is -1.10. The Labute approximate surface area is 108 Å². The van der Waals surface area contributed by atoms with Crippen molar-refractivity contribution in [1.82, 2.24) is 4.90 Å². The molecule has 18 heavy (non-hydrogen) atoms. The number of carboxylic acid groups (broad SMARTS) is 1. The van der Waals surface area contributed by atoms with Crippen LogP contribution in [0.1, 0.15) is 39.5 Å². The lowest BCUT2D eigenvalue weighted by Crippen LogP contribution is -2.45. The quantitative estimate of drug-likeness (QED) is 0.783. The minimum Gasteiger partial charge on any atom is -0.481 e. The molecule has 0 aliphatic carbocycles. The minimum atomic E-state index is -0.763. The molecule has 2 unspecified atom stereocenters. The molecule has 1 amide bonds. The summed E-state index contributed by atoms with van der Waals surface area (Å²) in [4.78, 5) is 24.4. The molecule has 1 aliphatic rings. The average Bonchev–Trinajstić information content (AvgIpc) is 2.36. The highest BCUT2D eigenvalue weighted by molar-refractivity contribution is 5.80. The molecule has 0 spiro atoms. The summed E-state index contributed by atoms with van der Waals surface area (Å²) in [5, 5.41) is 8.68. The highest BCUT2D eigenvalue weighted by atomic mass is 16.5. The molecular weight excluding hydrogens is 234 g/mol. The second kappa shape index (κ2) is 7.36. The largest absolute Gasteiger partial charge is 0.481 e. The number of likely N-dealkylation sites (tertiary alicyclic amines) is 1. The van der Waals surface area contributed by atoms with Crippen LogP contribution in [0.25, 0.3) is 0 Å². The van der Waals surface area contributed by atoms with Gasteiger partial charge in [-0.3, -0.25) is 9.59 Å². The van der Waals surface area contributed by atoms with Gasteiger partial charge in [0.25, 0.3) is 5.91 Å². The minimum absolute atomic E-state index is 0.0249. The van der Waals surface area contributed by atoms with E-state index in [0.717, 1.165) is 19.4 Å². The zero-order valence-electron chi connectivity index (χ0n) is 11.2. The van der Waals surface area contributed by atoms with Crippen LogP contribution < -0.4 is 0 Å². The molecule has 2 atom stereocenters. The van der Waals surface area contributed by atoms with Gasteiger partial charge in [0.1, 0.15) is 6.10 Å². The van der Waals surface area contributed by atoms with Crippen LogP contribution in [0, 0.1) is 5.92 Å². The number of hydrogen-bond acceptors (Lipinski definition) is 3. The van der Waals surface area contributed by atoms with E-state index in [1.54, 1.807) is 6.92 Å². The summed E-state index contributed by atoms with van der Waals surface area (Å²) in [6.07, 6.45) is 2.42. The van der Waals surface area contributed by atoms with Gasteiger partial charge in [-0.2, -0.15) is 0 Å². The summed E-state index contributed by atoms with van der Waals surface area (Å²) in [7, 11) is 0. The Morgan fingerprint density at radius 3 is 2.83 bits per heavy atom. The molecule has 1 aliphatic heterocycles. The molecule has 1 heterocycles. The molecule has 0 radical (unpaired) electrons. The molecule has 0 aromatic rings. The maximum Gasteiger partial charge on any atom is 0.303 e. The maximum absolute atomic E-state index is 12.1.